The van der Waals surface area contributed by atoms with Crippen LogP contribution >= 0.6 is 23.2 Å². The number of amides is 2. The van der Waals surface area contributed by atoms with Crippen molar-refractivity contribution in [1.29, 1.82) is 0 Å². The first-order chi connectivity index (χ1) is 11.9. The summed E-state index contributed by atoms with van der Waals surface area (Å²) in [5.74, 6) is -1.30. The fourth-order valence-corrected chi connectivity index (χ4v) is 3.05. The van der Waals surface area contributed by atoms with Crippen LogP contribution in [0.2, 0.25) is 10.0 Å². The van der Waals surface area contributed by atoms with Crippen LogP contribution in [0.3, 0.4) is 0 Å². The van der Waals surface area contributed by atoms with Crippen LogP contribution in [-0.4, -0.2) is 23.3 Å². The standard InChI is InChI=1S/C18H15Cl2FN2O2/c19-14-6-5-13(8-15(14)20)22-18(25)12-7-17(24)23(10-12)9-11-3-1-2-4-16(11)21/h1-6,8,12H,7,9-10H2,(H,22,25). The van der Waals surface area contributed by atoms with E-state index in [9.17, 15) is 14.0 Å². The number of benzene rings is 2. The Hall–Kier alpha value is -2.11. The topological polar surface area (TPSA) is 49.4 Å². The van der Waals surface area contributed by atoms with Crippen LogP contribution in [0.15, 0.2) is 42.5 Å². The van der Waals surface area contributed by atoms with E-state index in [4.69, 9.17) is 23.2 Å². The van der Waals surface area contributed by atoms with Crippen LogP contribution < -0.4 is 5.32 Å². The zero-order valence-electron chi connectivity index (χ0n) is 13.1. The van der Waals surface area contributed by atoms with Gasteiger partial charge in [0.25, 0.3) is 0 Å². The second-order valence-corrected chi connectivity index (χ2v) is 6.70. The van der Waals surface area contributed by atoms with Gasteiger partial charge in [0.2, 0.25) is 11.8 Å². The Kier molecular flexibility index (Phi) is 5.25. The van der Waals surface area contributed by atoms with E-state index in [1.54, 1.807) is 36.4 Å². The molecule has 0 spiro atoms. The van der Waals surface area contributed by atoms with Gasteiger partial charge in [0.1, 0.15) is 5.82 Å². The van der Waals surface area contributed by atoms with E-state index < -0.39 is 5.92 Å². The molecule has 1 heterocycles. The SMILES string of the molecule is O=C(Nc1ccc(Cl)c(Cl)c1)C1CC(=O)N(Cc2ccccc2F)C1. The molecule has 25 heavy (non-hydrogen) atoms. The van der Waals surface area contributed by atoms with Gasteiger partial charge in [-0.15, -0.1) is 0 Å². The molecule has 130 valence electrons. The molecule has 0 radical (unpaired) electrons. The van der Waals surface area contributed by atoms with E-state index in [0.717, 1.165) is 0 Å². The minimum atomic E-state index is -0.492. The van der Waals surface area contributed by atoms with Crippen molar-refractivity contribution in [2.45, 2.75) is 13.0 Å². The van der Waals surface area contributed by atoms with Crippen LogP contribution in [0.1, 0.15) is 12.0 Å². The average molecular weight is 381 g/mol. The molecule has 0 bridgehead atoms. The van der Waals surface area contributed by atoms with Gasteiger partial charge < -0.3 is 10.2 Å². The number of carbonyl (C=O) groups excluding carboxylic acids is 2. The highest BCUT2D eigenvalue weighted by Crippen LogP contribution is 2.27. The fraction of sp³-hybridized carbons (Fsp3) is 0.222. The Morgan fingerprint density at radius 1 is 1.20 bits per heavy atom. The van der Waals surface area contributed by atoms with Crippen molar-refractivity contribution in [2.75, 3.05) is 11.9 Å². The minimum absolute atomic E-state index is 0.0988. The third kappa shape index (κ3) is 4.11. The second kappa shape index (κ2) is 7.42. The van der Waals surface area contributed by atoms with Gasteiger partial charge in [0, 0.05) is 30.8 Å². The summed E-state index contributed by atoms with van der Waals surface area (Å²) < 4.78 is 13.7. The molecule has 2 aromatic rings. The number of halogens is 3. The minimum Gasteiger partial charge on any atom is -0.337 e. The first-order valence-electron chi connectivity index (χ1n) is 7.71. The highest BCUT2D eigenvalue weighted by atomic mass is 35.5. The highest BCUT2D eigenvalue weighted by molar-refractivity contribution is 6.42. The first kappa shape index (κ1) is 17.7. The number of likely N-dealkylation sites (tertiary alicyclic amines) is 1. The van der Waals surface area contributed by atoms with Gasteiger partial charge >= 0.3 is 0 Å². The van der Waals surface area contributed by atoms with Gasteiger partial charge in [0.15, 0.2) is 0 Å². The maximum Gasteiger partial charge on any atom is 0.229 e. The summed E-state index contributed by atoms with van der Waals surface area (Å²) in [6, 6.07) is 11.1. The van der Waals surface area contributed by atoms with Gasteiger partial charge in [-0.25, -0.2) is 4.39 Å². The average Bonchev–Trinajstić information content (AvgIpc) is 2.94. The summed E-state index contributed by atoms with van der Waals surface area (Å²) in [7, 11) is 0. The van der Waals surface area contributed by atoms with Crippen molar-refractivity contribution in [3.05, 3.63) is 63.9 Å². The lowest BCUT2D eigenvalue weighted by atomic mass is 10.1. The smallest absolute Gasteiger partial charge is 0.229 e. The molecule has 0 aromatic heterocycles. The molecule has 1 N–H and O–H groups in total. The Bertz CT molecular complexity index is 828. The van der Waals surface area contributed by atoms with Crippen molar-refractivity contribution < 1.29 is 14.0 Å². The molecular weight excluding hydrogens is 366 g/mol. The Morgan fingerprint density at radius 2 is 1.96 bits per heavy atom. The van der Waals surface area contributed by atoms with E-state index >= 15 is 0 Å². The molecule has 4 nitrogen and oxygen atoms in total. The maximum absolute atomic E-state index is 13.7. The van der Waals surface area contributed by atoms with Gasteiger partial charge in [0.05, 0.1) is 16.0 Å². The fourth-order valence-electron chi connectivity index (χ4n) is 2.75. The van der Waals surface area contributed by atoms with Gasteiger partial charge in [-0.2, -0.15) is 0 Å². The van der Waals surface area contributed by atoms with E-state index in [0.29, 0.717) is 21.3 Å². The van der Waals surface area contributed by atoms with Crippen LogP contribution in [0.25, 0.3) is 0 Å². The van der Waals surface area contributed by atoms with Crippen LogP contribution in [0.5, 0.6) is 0 Å². The number of anilines is 1. The van der Waals surface area contributed by atoms with Gasteiger partial charge in [-0.1, -0.05) is 41.4 Å². The quantitative estimate of drug-likeness (QED) is 0.866. The first-order valence-corrected chi connectivity index (χ1v) is 8.46. The van der Waals surface area contributed by atoms with Crippen molar-refractivity contribution in [3.63, 3.8) is 0 Å². The van der Waals surface area contributed by atoms with Crippen LogP contribution in [0.4, 0.5) is 10.1 Å². The highest BCUT2D eigenvalue weighted by Gasteiger charge is 2.34. The van der Waals surface area contributed by atoms with E-state index in [1.165, 1.54) is 11.0 Å². The molecule has 1 aliphatic heterocycles. The molecule has 0 aliphatic carbocycles. The molecule has 1 unspecified atom stereocenters. The summed E-state index contributed by atoms with van der Waals surface area (Å²) in [6.07, 6.45) is 0.0988. The van der Waals surface area contributed by atoms with Crippen molar-refractivity contribution in [2.24, 2.45) is 5.92 Å². The predicted octanol–water partition coefficient (Wildman–Crippen LogP) is 4.12. The molecule has 0 saturated carbocycles. The van der Waals surface area contributed by atoms with Crippen LogP contribution in [0, 0.1) is 11.7 Å². The number of nitrogens with one attached hydrogen (secondary N) is 1. The second-order valence-electron chi connectivity index (χ2n) is 5.88. The zero-order valence-corrected chi connectivity index (χ0v) is 14.6. The number of nitrogens with zero attached hydrogens (tertiary/aromatic N) is 1. The molecule has 3 rings (SSSR count). The summed E-state index contributed by atoms with van der Waals surface area (Å²) in [5.41, 5.74) is 0.945. The third-order valence-electron chi connectivity index (χ3n) is 4.09. The number of hydrogen-bond acceptors (Lipinski definition) is 2. The van der Waals surface area contributed by atoms with Crippen LogP contribution in [-0.2, 0) is 16.1 Å². The normalized spacial score (nSPS) is 17.0. The van der Waals surface area contributed by atoms with Crippen molar-refractivity contribution in [1.82, 2.24) is 4.90 Å². The lowest BCUT2D eigenvalue weighted by Gasteiger charge is -2.17. The molecule has 7 heteroatoms. The summed E-state index contributed by atoms with van der Waals surface area (Å²) in [4.78, 5) is 26.0. The van der Waals surface area contributed by atoms with E-state index in [-0.39, 0.29) is 37.1 Å². The maximum atomic E-state index is 13.7. The molecule has 2 amide bonds. The molecule has 1 saturated heterocycles. The molecule has 1 aliphatic rings. The third-order valence-corrected chi connectivity index (χ3v) is 4.83. The van der Waals surface area contributed by atoms with Crippen molar-refractivity contribution >= 4 is 40.7 Å². The zero-order chi connectivity index (χ0) is 18.0. The Morgan fingerprint density at radius 3 is 2.68 bits per heavy atom. The Labute approximate surface area is 154 Å². The summed E-state index contributed by atoms with van der Waals surface area (Å²) >= 11 is 11.8. The number of hydrogen-bond donors (Lipinski definition) is 1. The summed E-state index contributed by atoms with van der Waals surface area (Å²) in [5, 5.41) is 3.46. The molecule has 1 fully saturated rings. The van der Waals surface area contributed by atoms with Crippen molar-refractivity contribution in [3.8, 4) is 0 Å². The number of rotatable bonds is 4. The largest absolute Gasteiger partial charge is 0.337 e. The van der Waals surface area contributed by atoms with E-state index in [2.05, 4.69) is 5.32 Å². The number of carbonyl (C=O) groups is 2. The lowest BCUT2D eigenvalue weighted by Crippen LogP contribution is -2.28. The van der Waals surface area contributed by atoms with Gasteiger partial charge in [-0.05, 0) is 24.3 Å². The molecule has 1 atom stereocenters. The predicted molar refractivity (Wildman–Crippen MR) is 95.0 cm³/mol. The monoisotopic (exact) mass is 380 g/mol. The van der Waals surface area contributed by atoms with Gasteiger partial charge in [-0.3, -0.25) is 9.59 Å². The Balaban J connectivity index is 1.64. The van der Waals surface area contributed by atoms with E-state index in [1.807, 2.05) is 0 Å². The lowest BCUT2D eigenvalue weighted by molar-refractivity contribution is -0.128. The molecule has 2 aromatic carbocycles. The summed E-state index contributed by atoms with van der Waals surface area (Å²) in [6.45, 7) is 0.405. The molecular formula is C18H15Cl2FN2O2.